The molecule has 7 nitrogen and oxygen atoms in total. The van der Waals surface area contributed by atoms with Crippen LogP contribution in [0.1, 0.15) is 22.5 Å². The van der Waals surface area contributed by atoms with E-state index in [0.717, 1.165) is 17.7 Å². The van der Waals surface area contributed by atoms with Gasteiger partial charge in [-0.05, 0) is 0 Å². The number of carbonyl (C=O) groups excluding carboxylic acids is 1. The van der Waals surface area contributed by atoms with E-state index in [0.29, 0.717) is 11.4 Å². The Morgan fingerprint density at radius 1 is 1.15 bits per heavy atom. The van der Waals surface area contributed by atoms with Gasteiger partial charge < -0.3 is 0 Å². The van der Waals surface area contributed by atoms with E-state index in [4.69, 9.17) is 23.8 Å². The summed E-state index contributed by atoms with van der Waals surface area (Å²) in [6, 6.07) is 10.1. The number of amides is 1. The Labute approximate surface area is 194 Å². The summed E-state index contributed by atoms with van der Waals surface area (Å²) < 4.78 is 34.4. The molecule has 33 heavy (non-hydrogen) atoms. The number of aliphatic hydroxyl groups is 1. The Balaban J connectivity index is 1.81. The van der Waals surface area contributed by atoms with Gasteiger partial charge in [-0.3, -0.25) is 0 Å². The molecular formula is C22H19BClF2N4O3. The molecule has 11 heteroatoms. The van der Waals surface area contributed by atoms with Crippen LogP contribution < -0.4 is 9.64 Å². The number of rotatable bonds is 7. The maximum atomic E-state index is 13.7. The summed E-state index contributed by atoms with van der Waals surface area (Å²) in [5.41, 5.74) is 1.16. The molecule has 1 N–H and O–H groups in total. The first-order valence-electron chi connectivity index (χ1n) is 10.1. The predicted molar refractivity (Wildman–Crippen MR) is 121 cm³/mol. The quantitative estimate of drug-likeness (QED) is 0.536. The second-order valence-corrected chi connectivity index (χ2v) is 7.84. The van der Waals surface area contributed by atoms with Crippen LogP contribution in [0.4, 0.5) is 14.6 Å². The minimum atomic E-state index is -1.07. The van der Waals surface area contributed by atoms with Crippen LogP contribution >= 0.6 is 11.6 Å². The fraction of sp³-hybridized carbons (Fsp3) is 0.227. The van der Waals surface area contributed by atoms with Crippen molar-refractivity contribution >= 4 is 36.5 Å². The second kappa shape index (κ2) is 9.32. The molecule has 1 radical (unpaired) electrons. The van der Waals surface area contributed by atoms with E-state index >= 15 is 0 Å². The van der Waals surface area contributed by atoms with Crippen LogP contribution in [0.15, 0.2) is 42.5 Å². The molecular weight excluding hydrogens is 453 g/mol. The van der Waals surface area contributed by atoms with E-state index < -0.39 is 17.5 Å². The van der Waals surface area contributed by atoms with Crippen LogP contribution in [-0.2, 0) is 6.54 Å². The van der Waals surface area contributed by atoms with Crippen molar-refractivity contribution in [1.82, 2.24) is 14.5 Å². The molecule has 0 spiro atoms. The number of aliphatic hydroxyl groups excluding tert-OH is 1. The Hall–Kier alpha value is -3.24. The Kier molecular flexibility index (Phi) is 6.48. The van der Waals surface area contributed by atoms with Gasteiger partial charge in [-0.1, -0.05) is 0 Å². The molecule has 1 aliphatic rings. The third kappa shape index (κ3) is 4.49. The number of anilines is 1. The molecule has 1 aliphatic heterocycles. The van der Waals surface area contributed by atoms with Gasteiger partial charge >= 0.3 is 195 Å². The molecule has 0 saturated carbocycles. The van der Waals surface area contributed by atoms with Crippen molar-refractivity contribution in [3.8, 4) is 11.8 Å². The standard InChI is InChI=1S/C22H19BClF2N4O3/c1-28-19-18(20(32)29(21(28)23)9-2-10-31)30(12-13-3-5-14(24)6-4-13)22(27-19)33-15-7-8-16(25)17(26)11-15/h3-8,11,31H,2,9-10,12H2,1H3. The number of hydrogen-bond acceptors (Lipinski definition) is 5. The first-order valence-corrected chi connectivity index (χ1v) is 10.4. The molecule has 0 atom stereocenters. The molecule has 1 aromatic heterocycles. The molecule has 0 unspecified atom stereocenters. The topological polar surface area (TPSA) is 70.8 Å². The fourth-order valence-corrected chi connectivity index (χ4v) is 3.60. The number of benzene rings is 2. The molecule has 2 aromatic carbocycles. The van der Waals surface area contributed by atoms with E-state index in [1.54, 1.807) is 31.3 Å². The molecule has 0 fully saturated rings. The number of aromatic nitrogens is 2. The summed E-state index contributed by atoms with van der Waals surface area (Å²) in [5, 5.41) is 9.76. The van der Waals surface area contributed by atoms with Crippen LogP contribution in [0.5, 0.6) is 11.8 Å². The molecule has 0 saturated heterocycles. The predicted octanol–water partition coefficient (Wildman–Crippen LogP) is 3.19. The van der Waals surface area contributed by atoms with Crippen molar-refractivity contribution in [2.45, 2.75) is 13.0 Å². The molecule has 169 valence electrons. The second-order valence-electron chi connectivity index (χ2n) is 7.41. The van der Waals surface area contributed by atoms with Gasteiger partial charge in [-0.25, -0.2) is 0 Å². The zero-order valence-corrected chi connectivity index (χ0v) is 18.4. The zero-order valence-electron chi connectivity index (χ0n) is 17.6. The summed E-state index contributed by atoms with van der Waals surface area (Å²) >= 11 is 5.99. The average molecular weight is 472 g/mol. The normalized spacial score (nSPS) is 13.5. The van der Waals surface area contributed by atoms with Gasteiger partial charge in [0.2, 0.25) is 0 Å². The SMILES string of the molecule is [B]=C1N(CCCO)C(=O)c2c(nc(Oc3ccc(F)c(F)c3)n2Cc2ccc(Cl)cc2)N1C. The summed E-state index contributed by atoms with van der Waals surface area (Å²) in [4.78, 5) is 20.7. The van der Waals surface area contributed by atoms with Crippen molar-refractivity contribution < 1.29 is 23.4 Å². The third-order valence-electron chi connectivity index (χ3n) is 5.19. The first kappa shape index (κ1) is 22.9. The minimum absolute atomic E-state index is 0.00188. The molecule has 0 aliphatic carbocycles. The molecule has 1 amide bonds. The Morgan fingerprint density at radius 2 is 1.88 bits per heavy atom. The summed E-state index contributed by atoms with van der Waals surface area (Å²) in [6.45, 7) is 0.282. The van der Waals surface area contributed by atoms with Gasteiger partial charge in [-0.15, -0.1) is 0 Å². The number of ether oxygens (including phenoxy) is 1. The fourth-order valence-electron chi connectivity index (χ4n) is 3.47. The van der Waals surface area contributed by atoms with E-state index in [-0.39, 0.29) is 48.7 Å². The first-order chi connectivity index (χ1) is 15.8. The number of nitrogens with zero attached hydrogens (tertiary/aromatic N) is 4. The maximum absolute atomic E-state index is 13.7. The van der Waals surface area contributed by atoms with Gasteiger partial charge in [0.05, 0.1) is 0 Å². The van der Waals surface area contributed by atoms with Gasteiger partial charge in [-0.2, -0.15) is 0 Å². The van der Waals surface area contributed by atoms with Gasteiger partial charge in [0.1, 0.15) is 0 Å². The van der Waals surface area contributed by atoms with Crippen molar-refractivity contribution in [3.05, 3.63) is 70.4 Å². The van der Waals surface area contributed by atoms with Crippen molar-refractivity contribution in [2.75, 3.05) is 25.1 Å². The Morgan fingerprint density at radius 3 is 2.55 bits per heavy atom. The van der Waals surface area contributed by atoms with E-state index in [9.17, 15) is 18.7 Å². The van der Waals surface area contributed by atoms with Crippen LogP contribution in [0.25, 0.3) is 0 Å². The zero-order chi connectivity index (χ0) is 23.7. The Bertz CT molecular complexity index is 1220. The van der Waals surface area contributed by atoms with Crippen LogP contribution in [0, 0.1) is 11.6 Å². The van der Waals surface area contributed by atoms with Crippen molar-refractivity contribution in [1.29, 1.82) is 0 Å². The average Bonchev–Trinajstić information content (AvgIpc) is 3.14. The van der Waals surface area contributed by atoms with Gasteiger partial charge in [0.25, 0.3) is 0 Å². The number of carbonyl (C=O) groups is 1. The number of halogens is 3. The monoisotopic (exact) mass is 471 g/mol. The molecule has 2 heterocycles. The van der Waals surface area contributed by atoms with Crippen LogP contribution in [0.2, 0.25) is 5.02 Å². The summed E-state index contributed by atoms with van der Waals surface area (Å²) in [7, 11) is 7.80. The number of imidazole rings is 1. The number of hydrogen-bond donors (Lipinski definition) is 1. The van der Waals surface area contributed by atoms with Crippen molar-refractivity contribution in [3.63, 3.8) is 0 Å². The summed E-state index contributed by atoms with van der Waals surface area (Å²) in [5.74, 6) is -2.24. The van der Waals surface area contributed by atoms with Crippen LogP contribution in [0.3, 0.4) is 0 Å². The molecule has 4 rings (SSSR count). The van der Waals surface area contributed by atoms with E-state index in [2.05, 4.69) is 4.98 Å². The van der Waals surface area contributed by atoms with E-state index in [1.807, 2.05) is 0 Å². The van der Waals surface area contributed by atoms with Crippen molar-refractivity contribution in [2.24, 2.45) is 0 Å². The van der Waals surface area contributed by atoms with E-state index in [1.165, 1.54) is 20.4 Å². The van der Waals surface area contributed by atoms with Gasteiger partial charge in [0, 0.05) is 0 Å². The van der Waals surface area contributed by atoms with Gasteiger partial charge in [0.15, 0.2) is 0 Å². The number of fused-ring (bicyclic) bond motifs is 1. The molecule has 3 aromatic rings. The summed E-state index contributed by atoms with van der Waals surface area (Å²) in [6.07, 6.45) is 0.332. The third-order valence-corrected chi connectivity index (χ3v) is 5.45. The van der Waals surface area contributed by atoms with Crippen LogP contribution in [-0.4, -0.2) is 58.9 Å². The molecule has 0 bridgehead atoms.